The summed E-state index contributed by atoms with van der Waals surface area (Å²) >= 11 is 11.6. The fraction of sp³-hybridized carbons (Fsp3) is 0.118. The molecule has 0 aliphatic rings. The van der Waals surface area contributed by atoms with Crippen LogP contribution in [0.2, 0.25) is 10.0 Å². The van der Waals surface area contributed by atoms with Crippen LogP contribution in [-0.4, -0.2) is 27.6 Å². The van der Waals surface area contributed by atoms with E-state index in [9.17, 15) is 10.2 Å². The first-order valence-electron chi connectivity index (χ1n) is 7.43. The molecule has 0 aromatic heterocycles. The van der Waals surface area contributed by atoms with Gasteiger partial charge < -0.3 is 15.9 Å². The fourth-order valence-corrected chi connectivity index (χ4v) is 2.36. The lowest BCUT2D eigenvalue weighted by molar-refractivity contribution is 0.473. The van der Waals surface area contributed by atoms with Crippen LogP contribution in [0, 0.1) is 0 Å². The second-order valence-electron chi connectivity index (χ2n) is 5.30. The first-order valence-corrected chi connectivity index (χ1v) is 8.19. The molecule has 0 atom stereocenters. The van der Waals surface area contributed by atoms with E-state index in [-0.39, 0.29) is 17.5 Å². The number of halogens is 2. The minimum Gasteiger partial charge on any atom is -0.507 e. The Hall–Kier alpha value is -2.77. The monoisotopic (exact) mass is 393 g/mol. The maximum Gasteiger partial charge on any atom is 0.234 e. The number of hydrogen-bond donors (Lipinski definition) is 4. The normalized spacial score (nSPS) is 13.0. The summed E-state index contributed by atoms with van der Waals surface area (Å²) < 4.78 is 0. The van der Waals surface area contributed by atoms with Gasteiger partial charge in [-0.05, 0) is 50.2 Å². The third kappa shape index (κ3) is 5.11. The molecule has 0 saturated carbocycles. The van der Waals surface area contributed by atoms with E-state index < -0.39 is 0 Å². The number of nitrogens with one attached hydrogen (secondary N) is 1. The number of hydrazone groups is 1. The van der Waals surface area contributed by atoms with Crippen molar-refractivity contribution in [2.24, 2.45) is 21.0 Å². The van der Waals surface area contributed by atoms with Crippen molar-refractivity contribution in [1.82, 2.24) is 5.43 Å². The lowest BCUT2D eigenvalue weighted by atomic mass is 10.1. The molecular formula is C17H17Cl2N5O2. The summed E-state index contributed by atoms with van der Waals surface area (Å²) in [5.41, 5.74) is 10.2. The lowest BCUT2D eigenvalue weighted by Crippen LogP contribution is -2.27. The van der Waals surface area contributed by atoms with Crippen molar-refractivity contribution in [1.29, 1.82) is 0 Å². The number of phenolic OH excluding ortho intramolecular Hbond substituents is 2. The Kier molecular flexibility index (Phi) is 6.43. The van der Waals surface area contributed by atoms with Gasteiger partial charge >= 0.3 is 0 Å². The molecule has 0 unspecified atom stereocenters. The first kappa shape index (κ1) is 19.6. The summed E-state index contributed by atoms with van der Waals surface area (Å²) in [7, 11) is 0. The molecule has 0 amide bonds. The van der Waals surface area contributed by atoms with Gasteiger partial charge in [-0.15, -0.1) is 5.10 Å². The van der Waals surface area contributed by atoms with E-state index in [0.29, 0.717) is 32.6 Å². The molecule has 0 bridgehead atoms. The predicted octanol–water partition coefficient (Wildman–Crippen LogP) is 3.46. The number of benzene rings is 2. The zero-order valence-electron chi connectivity index (χ0n) is 14.0. The molecule has 2 rings (SSSR count). The average molecular weight is 394 g/mol. The Morgan fingerprint density at radius 2 is 1.38 bits per heavy atom. The van der Waals surface area contributed by atoms with Gasteiger partial charge in [0.05, 0.1) is 11.4 Å². The Labute approximate surface area is 160 Å². The van der Waals surface area contributed by atoms with Gasteiger partial charge in [0.25, 0.3) is 0 Å². The highest BCUT2D eigenvalue weighted by atomic mass is 35.5. The van der Waals surface area contributed by atoms with E-state index in [1.54, 1.807) is 38.1 Å². The minimum atomic E-state index is -0.0643. The third-order valence-electron chi connectivity index (χ3n) is 3.35. The Morgan fingerprint density at radius 1 is 0.885 bits per heavy atom. The number of hydrogen-bond acceptors (Lipinski definition) is 5. The van der Waals surface area contributed by atoms with E-state index in [4.69, 9.17) is 28.9 Å². The highest BCUT2D eigenvalue weighted by Crippen LogP contribution is 2.23. The van der Waals surface area contributed by atoms with Crippen LogP contribution >= 0.6 is 23.2 Å². The summed E-state index contributed by atoms with van der Waals surface area (Å²) in [6, 6.07) is 9.36. The SMILES string of the molecule is C/C(=N\N=C(/N)N/N=C(\C)c1ccc(Cl)cc1O)c1ccc(Cl)cc1O. The maximum absolute atomic E-state index is 9.87. The van der Waals surface area contributed by atoms with Crippen LogP contribution in [0.1, 0.15) is 25.0 Å². The van der Waals surface area contributed by atoms with Crippen LogP contribution in [0.4, 0.5) is 0 Å². The van der Waals surface area contributed by atoms with Gasteiger partial charge in [-0.3, -0.25) is 0 Å². The molecule has 0 saturated heterocycles. The molecule has 5 N–H and O–H groups in total. The highest BCUT2D eigenvalue weighted by Gasteiger charge is 2.06. The van der Waals surface area contributed by atoms with Crippen molar-refractivity contribution >= 4 is 40.6 Å². The molecule has 0 radical (unpaired) electrons. The first-order chi connectivity index (χ1) is 12.3. The lowest BCUT2D eigenvalue weighted by Gasteiger charge is -2.05. The number of phenols is 2. The van der Waals surface area contributed by atoms with Crippen molar-refractivity contribution in [2.45, 2.75) is 13.8 Å². The molecule has 2 aromatic carbocycles. The van der Waals surface area contributed by atoms with Gasteiger partial charge in [0, 0.05) is 21.2 Å². The van der Waals surface area contributed by atoms with Gasteiger partial charge in [-0.25, -0.2) is 5.43 Å². The molecule has 136 valence electrons. The van der Waals surface area contributed by atoms with Gasteiger partial charge in [0.15, 0.2) is 0 Å². The Balaban J connectivity index is 2.12. The quantitative estimate of drug-likeness (QED) is 0.361. The Bertz CT molecular complexity index is 910. The molecule has 9 heteroatoms. The second-order valence-corrected chi connectivity index (χ2v) is 6.18. The highest BCUT2D eigenvalue weighted by molar-refractivity contribution is 6.31. The number of nitrogens with zero attached hydrogens (tertiary/aromatic N) is 3. The number of guanidine groups is 1. The number of rotatable bonds is 4. The zero-order valence-corrected chi connectivity index (χ0v) is 15.5. The van der Waals surface area contributed by atoms with Gasteiger partial charge in [-0.1, -0.05) is 23.2 Å². The molecule has 2 aromatic rings. The molecule has 26 heavy (non-hydrogen) atoms. The van der Waals surface area contributed by atoms with Crippen LogP contribution in [-0.2, 0) is 0 Å². The summed E-state index contributed by atoms with van der Waals surface area (Å²) in [5, 5.41) is 32.3. The van der Waals surface area contributed by atoms with Crippen LogP contribution < -0.4 is 11.2 Å². The maximum atomic E-state index is 9.87. The molecule has 0 aliphatic heterocycles. The van der Waals surface area contributed by atoms with E-state index in [2.05, 4.69) is 20.7 Å². The van der Waals surface area contributed by atoms with E-state index in [1.807, 2.05) is 0 Å². The van der Waals surface area contributed by atoms with E-state index in [1.165, 1.54) is 12.1 Å². The van der Waals surface area contributed by atoms with Crippen molar-refractivity contribution in [2.75, 3.05) is 0 Å². The molecule has 0 fully saturated rings. The summed E-state index contributed by atoms with van der Waals surface area (Å²) in [4.78, 5) is 0. The summed E-state index contributed by atoms with van der Waals surface area (Å²) in [6.07, 6.45) is 0. The van der Waals surface area contributed by atoms with Crippen LogP contribution in [0.25, 0.3) is 0 Å². The van der Waals surface area contributed by atoms with Crippen molar-refractivity contribution in [3.05, 3.63) is 57.6 Å². The molecule has 7 nitrogen and oxygen atoms in total. The van der Waals surface area contributed by atoms with Gasteiger partial charge in [-0.2, -0.15) is 10.2 Å². The standard InChI is InChI=1S/C17H17Cl2N5O2/c1-9(13-5-3-11(18)7-15(13)25)21-23-17(20)24-22-10(2)14-6-4-12(19)8-16(14)26/h3-8,25-26H,1-2H3,(H3,20,23,24)/b21-9+,22-10+. The minimum absolute atomic E-state index is 0.00291. The fourth-order valence-electron chi connectivity index (χ4n) is 2.03. The van der Waals surface area contributed by atoms with Crippen molar-refractivity contribution in [3.63, 3.8) is 0 Å². The average Bonchev–Trinajstić information content (AvgIpc) is 2.57. The molecule has 0 heterocycles. The number of aromatic hydroxyl groups is 2. The van der Waals surface area contributed by atoms with E-state index >= 15 is 0 Å². The topological polar surface area (TPSA) is 116 Å². The van der Waals surface area contributed by atoms with Gasteiger partial charge in [0.2, 0.25) is 5.96 Å². The van der Waals surface area contributed by atoms with Crippen molar-refractivity contribution in [3.8, 4) is 11.5 Å². The van der Waals surface area contributed by atoms with Crippen molar-refractivity contribution < 1.29 is 10.2 Å². The smallest absolute Gasteiger partial charge is 0.234 e. The molecular weight excluding hydrogens is 377 g/mol. The number of nitrogens with two attached hydrogens (primary N) is 1. The largest absolute Gasteiger partial charge is 0.507 e. The van der Waals surface area contributed by atoms with Gasteiger partial charge in [0.1, 0.15) is 11.5 Å². The summed E-state index contributed by atoms with van der Waals surface area (Å²) in [6.45, 7) is 3.35. The zero-order chi connectivity index (χ0) is 19.3. The molecule has 0 aliphatic carbocycles. The summed E-state index contributed by atoms with van der Waals surface area (Å²) in [5.74, 6) is -0.0682. The van der Waals surface area contributed by atoms with Crippen LogP contribution in [0.3, 0.4) is 0 Å². The Morgan fingerprint density at radius 3 is 1.88 bits per heavy atom. The van der Waals surface area contributed by atoms with Crippen LogP contribution in [0.5, 0.6) is 11.5 Å². The predicted molar refractivity (Wildman–Crippen MR) is 105 cm³/mol. The third-order valence-corrected chi connectivity index (χ3v) is 3.82. The second kappa shape index (κ2) is 8.55. The van der Waals surface area contributed by atoms with Crippen LogP contribution in [0.15, 0.2) is 51.7 Å². The molecule has 0 spiro atoms. The van der Waals surface area contributed by atoms with E-state index in [0.717, 1.165) is 0 Å².